The van der Waals surface area contributed by atoms with Crippen molar-refractivity contribution in [1.82, 2.24) is 15.3 Å². The zero-order valence-electron chi connectivity index (χ0n) is 16.7. The fourth-order valence-electron chi connectivity index (χ4n) is 3.73. The van der Waals surface area contributed by atoms with Gasteiger partial charge < -0.3 is 16.0 Å². The van der Waals surface area contributed by atoms with Crippen molar-refractivity contribution in [2.75, 3.05) is 13.1 Å². The predicted octanol–water partition coefficient (Wildman–Crippen LogP) is 5.39. The second-order valence-corrected chi connectivity index (χ2v) is 8.34. The second kappa shape index (κ2) is 9.41. The third-order valence-corrected chi connectivity index (χ3v) is 5.79. The Morgan fingerprint density at radius 2 is 1.87 bits per heavy atom. The Morgan fingerprint density at radius 1 is 1.03 bits per heavy atom. The highest BCUT2D eigenvalue weighted by atomic mass is 79.9. The van der Waals surface area contributed by atoms with E-state index in [9.17, 15) is 4.79 Å². The summed E-state index contributed by atoms with van der Waals surface area (Å²) in [6.45, 7) is 1.39. The first kappa shape index (κ1) is 20.6. The zero-order chi connectivity index (χ0) is 20.9. The molecule has 0 radical (unpaired) electrons. The maximum Gasteiger partial charge on any atom is 0.252 e. The van der Waals surface area contributed by atoms with E-state index < -0.39 is 0 Å². The van der Waals surface area contributed by atoms with Crippen LogP contribution in [0.2, 0.25) is 0 Å². The zero-order valence-corrected chi connectivity index (χ0v) is 18.3. The van der Waals surface area contributed by atoms with E-state index in [2.05, 4.69) is 32.3 Å². The van der Waals surface area contributed by atoms with Gasteiger partial charge in [0.25, 0.3) is 5.91 Å². The molecule has 154 valence electrons. The number of hydrogen-bond donors (Lipinski definition) is 3. The molecule has 0 spiro atoms. The lowest BCUT2D eigenvalue weighted by molar-refractivity contribution is 0.0954. The molecule has 4 rings (SSSR count). The van der Waals surface area contributed by atoms with E-state index in [0.29, 0.717) is 12.1 Å². The first-order valence-corrected chi connectivity index (χ1v) is 11.1. The number of aromatic amines is 1. The molecular formula is C24H25BrN4O. The number of aromatic nitrogens is 2. The molecule has 0 fully saturated rings. The predicted molar refractivity (Wildman–Crippen MR) is 127 cm³/mol. The van der Waals surface area contributed by atoms with Crippen molar-refractivity contribution in [2.45, 2.75) is 25.7 Å². The van der Waals surface area contributed by atoms with E-state index in [-0.39, 0.29) is 5.91 Å². The van der Waals surface area contributed by atoms with Gasteiger partial charge >= 0.3 is 0 Å². The van der Waals surface area contributed by atoms with Crippen molar-refractivity contribution in [2.24, 2.45) is 5.73 Å². The Labute approximate surface area is 184 Å². The minimum absolute atomic E-state index is 0.0605. The molecule has 4 N–H and O–H groups in total. The van der Waals surface area contributed by atoms with E-state index in [0.717, 1.165) is 69.8 Å². The van der Waals surface area contributed by atoms with Gasteiger partial charge in [-0.2, -0.15) is 0 Å². The highest BCUT2D eigenvalue weighted by molar-refractivity contribution is 9.10. The Balaban J connectivity index is 1.66. The number of benzene rings is 2. The fourth-order valence-corrected chi connectivity index (χ4v) is 4.09. The van der Waals surface area contributed by atoms with Crippen LogP contribution in [-0.4, -0.2) is 29.0 Å². The molecule has 30 heavy (non-hydrogen) atoms. The molecule has 0 atom stereocenters. The number of H-pyrrole nitrogens is 1. The normalized spacial score (nSPS) is 11.3. The van der Waals surface area contributed by atoms with Crippen LogP contribution in [0.5, 0.6) is 0 Å². The van der Waals surface area contributed by atoms with Crippen molar-refractivity contribution in [3.63, 3.8) is 0 Å². The number of nitrogens with one attached hydrogen (secondary N) is 2. The van der Waals surface area contributed by atoms with Crippen molar-refractivity contribution < 1.29 is 4.79 Å². The van der Waals surface area contributed by atoms with Crippen LogP contribution in [-0.2, 0) is 0 Å². The summed E-state index contributed by atoms with van der Waals surface area (Å²) >= 11 is 3.55. The first-order valence-electron chi connectivity index (χ1n) is 10.3. The lowest BCUT2D eigenvalue weighted by Crippen LogP contribution is -2.24. The summed E-state index contributed by atoms with van der Waals surface area (Å²) < 4.78 is 1.00. The number of halogens is 1. The number of carbonyl (C=O) groups excluding carboxylic acids is 1. The molecule has 2 aromatic heterocycles. The average molecular weight is 465 g/mol. The standard InChI is InChI=1S/C24H25BrN4O/c25-16-9-10-21-18(13-16)20(15-28-21)23-14-19(17-7-3-4-8-22(17)29-23)24(30)27-12-6-2-1-5-11-26/h3-4,7-10,13-15,28H,1-2,5-6,11-12,26H2,(H,27,30). The van der Waals surface area contributed by atoms with E-state index in [1.165, 1.54) is 0 Å². The number of hydrogen-bond acceptors (Lipinski definition) is 3. The minimum atomic E-state index is -0.0605. The topological polar surface area (TPSA) is 83.8 Å². The largest absolute Gasteiger partial charge is 0.360 e. The molecule has 5 nitrogen and oxygen atoms in total. The molecule has 0 unspecified atom stereocenters. The van der Waals surface area contributed by atoms with E-state index >= 15 is 0 Å². The lowest BCUT2D eigenvalue weighted by Gasteiger charge is -2.10. The molecule has 6 heteroatoms. The smallest absolute Gasteiger partial charge is 0.252 e. The van der Waals surface area contributed by atoms with Gasteiger partial charge in [-0.25, -0.2) is 4.98 Å². The summed E-state index contributed by atoms with van der Waals surface area (Å²) in [4.78, 5) is 21.2. The molecule has 0 bridgehead atoms. The van der Waals surface area contributed by atoms with Gasteiger partial charge in [0.1, 0.15) is 0 Å². The Bertz CT molecular complexity index is 1180. The van der Waals surface area contributed by atoms with Crippen molar-refractivity contribution in [3.8, 4) is 11.3 Å². The van der Waals surface area contributed by atoms with Crippen LogP contribution in [0.4, 0.5) is 0 Å². The second-order valence-electron chi connectivity index (χ2n) is 7.42. The third kappa shape index (κ3) is 4.40. The average Bonchev–Trinajstić information content (AvgIpc) is 3.18. The summed E-state index contributed by atoms with van der Waals surface area (Å²) in [5.41, 5.74) is 9.80. The summed E-state index contributed by atoms with van der Waals surface area (Å²) in [6, 6.07) is 15.8. The molecular weight excluding hydrogens is 440 g/mol. The highest BCUT2D eigenvalue weighted by Gasteiger charge is 2.15. The van der Waals surface area contributed by atoms with Gasteiger partial charge in [0.05, 0.1) is 16.8 Å². The van der Waals surface area contributed by atoms with Gasteiger partial charge in [0, 0.05) is 39.1 Å². The monoisotopic (exact) mass is 464 g/mol. The molecule has 1 amide bonds. The third-order valence-electron chi connectivity index (χ3n) is 5.30. The Morgan fingerprint density at radius 3 is 2.73 bits per heavy atom. The van der Waals surface area contributed by atoms with Gasteiger partial charge in [-0.1, -0.05) is 47.0 Å². The Hall–Kier alpha value is -2.70. The van der Waals surface area contributed by atoms with Crippen molar-refractivity contribution in [3.05, 3.63) is 64.8 Å². The van der Waals surface area contributed by atoms with Crippen LogP contribution < -0.4 is 11.1 Å². The van der Waals surface area contributed by atoms with Crippen LogP contribution in [0.15, 0.2) is 59.2 Å². The quantitative estimate of drug-likeness (QED) is 0.305. The number of rotatable bonds is 8. The van der Waals surface area contributed by atoms with Crippen LogP contribution >= 0.6 is 15.9 Å². The van der Waals surface area contributed by atoms with E-state index in [4.69, 9.17) is 10.7 Å². The van der Waals surface area contributed by atoms with Crippen molar-refractivity contribution >= 4 is 43.6 Å². The van der Waals surface area contributed by atoms with Crippen LogP contribution in [0.3, 0.4) is 0 Å². The fraction of sp³-hybridized carbons (Fsp3) is 0.250. The summed E-state index contributed by atoms with van der Waals surface area (Å²) in [5, 5.41) is 5.01. The van der Waals surface area contributed by atoms with Crippen LogP contribution in [0, 0.1) is 0 Å². The number of amides is 1. The number of nitrogens with two attached hydrogens (primary N) is 1. The number of para-hydroxylation sites is 1. The molecule has 0 aliphatic carbocycles. The number of pyridine rings is 1. The van der Waals surface area contributed by atoms with Crippen LogP contribution in [0.1, 0.15) is 36.0 Å². The molecule has 0 saturated heterocycles. The number of carbonyl (C=O) groups is 1. The lowest BCUT2D eigenvalue weighted by atomic mass is 10.0. The maximum atomic E-state index is 13.0. The number of nitrogens with zero attached hydrogens (tertiary/aromatic N) is 1. The van der Waals surface area contributed by atoms with E-state index in [1.54, 1.807) is 0 Å². The molecule has 4 aromatic rings. The molecule has 2 aromatic carbocycles. The minimum Gasteiger partial charge on any atom is -0.360 e. The highest BCUT2D eigenvalue weighted by Crippen LogP contribution is 2.32. The Kier molecular flexibility index (Phi) is 6.45. The summed E-state index contributed by atoms with van der Waals surface area (Å²) in [6.07, 6.45) is 6.12. The maximum absolute atomic E-state index is 13.0. The van der Waals surface area contributed by atoms with Crippen molar-refractivity contribution in [1.29, 1.82) is 0 Å². The summed E-state index contributed by atoms with van der Waals surface area (Å²) in [7, 11) is 0. The number of fused-ring (bicyclic) bond motifs is 2. The molecule has 0 aliphatic rings. The van der Waals surface area contributed by atoms with Gasteiger partial charge in [-0.3, -0.25) is 4.79 Å². The first-order chi connectivity index (χ1) is 14.7. The summed E-state index contributed by atoms with van der Waals surface area (Å²) in [5.74, 6) is -0.0605. The van der Waals surface area contributed by atoms with Crippen LogP contribution in [0.25, 0.3) is 33.1 Å². The van der Waals surface area contributed by atoms with Gasteiger partial charge in [0.15, 0.2) is 0 Å². The molecule has 0 saturated carbocycles. The van der Waals surface area contributed by atoms with Gasteiger partial charge in [0.2, 0.25) is 0 Å². The van der Waals surface area contributed by atoms with E-state index in [1.807, 2.05) is 48.7 Å². The SMILES string of the molecule is NCCCCCCNC(=O)c1cc(-c2c[nH]c3ccc(Br)cc23)nc2ccccc12. The van der Waals surface area contributed by atoms with Gasteiger partial charge in [-0.15, -0.1) is 0 Å². The molecule has 0 aliphatic heterocycles. The number of unbranched alkanes of at least 4 members (excludes halogenated alkanes) is 3. The van der Waals surface area contributed by atoms with Gasteiger partial charge in [-0.05, 0) is 49.7 Å². The molecule has 2 heterocycles.